The molecule has 12 heteroatoms. The molecule has 0 spiro atoms. The van der Waals surface area contributed by atoms with Crippen LogP contribution in [-0.4, -0.2) is 44.6 Å². The number of carbonyl (C=O) groups excluding carboxylic acids is 2. The molecule has 8 nitrogen and oxygen atoms in total. The number of halogens is 4. The SMILES string of the molecule is CC(C)(C)NC(=O)c1ccc(Nc2nc3ccc(-c4ccc(CC(=O)Cc5ccc(F)cc5)cc4)cn3n2)c(OCC(F)(F)F)c1. The highest BCUT2D eigenvalue weighted by Crippen LogP contribution is 2.31. The van der Waals surface area contributed by atoms with Crippen LogP contribution in [0.25, 0.3) is 16.8 Å². The van der Waals surface area contributed by atoms with Gasteiger partial charge in [-0.2, -0.15) is 18.2 Å². The van der Waals surface area contributed by atoms with Crippen LogP contribution in [0.3, 0.4) is 0 Å². The Bertz CT molecular complexity index is 1860. The average Bonchev–Trinajstić information content (AvgIpc) is 3.38. The van der Waals surface area contributed by atoms with Gasteiger partial charge in [-0.3, -0.25) is 9.59 Å². The number of carbonyl (C=O) groups is 2. The number of nitrogens with zero attached hydrogens (tertiary/aromatic N) is 3. The number of rotatable bonds is 10. The minimum absolute atomic E-state index is 0.0122. The van der Waals surface area contributed by atoms with Crippen LogP contribution in [0.5, 0.6) is 5.75 Å². The Morgan fingerprint density at radius 2 is 1.48 bits per heavy atom. The Labute approximate surface area is 262 Å². The average molecular weight is 634 g/mol. The van der Waals surface area contributed by atoms with E-state index in [0.717, 1.165) is 22.3 Å². The molecule has 0 radical (unpaired) electrons. The number of hydrogen-bond acceptors (Lipinski definition) is 6. The van der Waals surface area contributed by atoms with E-state index < -0.39 is 24.2 Å². The number of alkyl halides is 3. The van der Waals surface area contributed by atoms with E-state index in [-0.39, 0.29) is 47.4 Å². The summed E-state index contributed by atoms with van der Waals surface area (Å²) < 4.78 is 58.7. The van der Waals surface area contributed by atoms with Gasteiger partial charge in [-0.05, 0) is 79.9 Å². The largest absolute Gasteiger partial charge is 0.482 e. The van der Waals surface area contributed by atoms with Crippen molar-refractivity contribution in [2.45, 2.75) is 45.3 Å². The van der Waals surface area contributed by atoms with Gasteiger partial charge >= 0.3 is 6.18 Å². The normalized spacial score (nSPS) is 11.8. The second kappa shape index (κ2) is 13.0. The molecule has 5 rings (SSSR count). The van der Waals surface area contributed by atoms with Crippen molar-refractivity contribution in [3.63, 3.8) is 0 Å². The number of ketones is 1. The topological polar surface area (TPSA) is 97.6 Å². The fraction of sp³-hybridized carbons (Fsp3) is 0.235. The number of nitrogens with one attached hydrogen (secondary N) is 2. The quantitative estimate of drug-likeness (QED) is 0.159. The van der Waals surface area contributed by atoms with Gasteiger partial charge in [-0.1, -0.05) is 36.4 Å². The number of pyridine rings is 1. The second-order valence-electron chi connectivity index (χ2n) is 11.8. The Kier molecular flexibility index (Phi) is 9.08. The van der Waals surface area contributed by atoms with E-state index in [9.17, 15) is 27.2 Å². The Balaban J connectivity index is 1.30. The van der Waals surface area contributed by atoms with Crippen molar-refractivity contribution in [2.24, 2.45) is 0 Å². The first-order chi connectivity index (χ1) is 21.7. The summed E-state index contributed by atoms with van der Waals surface area (Å²) in [7, 11) is 0. The zero-order valence-electron chi connectivity index (χ0n) is 25.3. The monoisotopic (exact) mass is 633 g/mol. The van der Waals surface area contributed by atoms with Crippen LogP contribution in [-0.2, 0) is 17.6 Å². The molecule has 0 saturated heterocycles. The number of amides is 1. The smallest absolute Gasteiger partial charge is 0.422 e. The summed E-state index contributed by atoms with van der Waals surface area (Å²) in [5, 5.41) is 10.1. The summed E-state index contributed by atoms with van der Waals surface area (Å²) in [5.41, 5.74) is 3.50. The molecule has 0 bridgehead atoms. The van der Waals surface area contributed by atoms with Gasteiger partial charge in [-0.25, -0.2) is 8.91 Å². The van der Waals surface area contributed by atoms with Crippen LogP contribution in [0.4, 0.5) is 29.2 Å². The number of ether oxygens (including phenoxy) is 1. The summed E-state index contributed by atoms with van der Waals surface area (Å²) in [6.07, 6.45) is -2.38. The maximum absolute atomic E-state index is 13.1. The lowest BCUT2D eigenvalue weighted by atomic mass is 10.0. The van der Waals surface area contributed by atoms with E-state index >= 15 is 0 Å². The molecule has 0 aliphatic rings. The molecule has 238 valence electrons. The molecule has 2 N–H and O–H groups in total. The Morgan fingerprint density at radius 3 is 2.11 bits per heavy atom. The van der Waals surface area contributed by atoms with Gasteiger partial charge < -0.3 is 15.4 Å². The predicted octanol–water partition coefficient (Wildman–Crippen LogP) is 7.10. The van der Waals surface area contributed by atoms with Crippen molar-refractivity contribution in [2.75, 3.05) is 11.9 Å². The van der Waals surface area contributed by atoms with Gasteiger partial charge in [0.25, 0.3) is 5.91 Å². The maximum atomic E-state index is 13.1. The highest BCUT2D eigenvalue weighted by atomic mass is 19.4. The highest BCUT2D eigenvalue weighted by Gasteiger charge is 2.29. The Hall–Kier alpha value is -5.26. The summed E-state index contributed by atoms with van der Waals surface area (Å²) in [4.78, 5) is 29.5. The van der Waals surface area contributed by atoms with E-state index in [0.29, 0.717) is 5.65 Å². The van der Waals surface area contributed by atoms with Gasteiger partial charge in [0, 0.05) is 35.7 Å². The fourth-order valence-electron chi connectivity index (χ4n) is 4.62. The van der Waals surface area contributed by atoms with Crippen LogP contribution >= 0.6 is 0 Å². The number of hydrogen-bond donors (Lipinski definition) is 2. The first-order valence-electron chi connectivity index (χ1n) is 14.4. The van der Waals surface area contributed by atoms with Gasteiger partial charge in [0.15, 0.2) is 12.3 Å². The maximum Gasteiger partial charge on any atom is 0.422 e. The van der Waals surface area contributed by atoms with E-state index in [1.54, 1.807) is 45.2 Å². The molecule has 1 amide bonds. The third-order valence-corrected chi connectivity index (χ3v) is 6.70. The molecule has 0 fully saturated rings. The first-order valence-corrected chi connectivity index (χ1v) is 14.4. The lowest BCUT2D eigenvalue weighted by molar-refractivity contribution is -0.153. The van der Waals surface area contributed by atoms with E-state index in [1.807, 2.05) is 30.3 Å². The van der Waals surface area contributed by atoms with Crippen LogP contribution in [0.1, 0.15) is 42.3 Å². The van der Waals surface area contributed by atoms with Crippen LogP contribution < -0.4 is 15.4 Å². The molecule has 0 saturated carbocycles. The van der Waals surface area contributed by atoms with Crippen LogP contribution in [0.15, 0.2) is 85.1 Å². The van der Waals surface area contributed by atoms with Crippen LogP contribution in [0, 0.1) is 5.82 Å². The summed E-state index contributed by atoms with van der Waals surface area (Å²) >= 11 is 0. The van der Waals surface area contributed by atoms with Gasteiger partial charge in [0.1, 0.15) is 17.3 Å². The van der Waals surface area contributed by atoms with Crippen molar-refractivity contribution < 1.29 is 31.9 Å². The first kappa shape index (κ1) is 32.1. The molecule has 2 heterocycles. The second-order valence-corrected chi connectivity index (χ2v) is 11.8. The van der Waals surface area contributed by atoms with Crippen molar-refractivity contribution in [1.82, 2.24) is 19.9 Å². The van der Waals surface area contributed by atoms with Crippen molar-refractivity contribution in [1.29, 1.82) is 0 Å². The van der Waals surface area contributed by atoms with Crippen LogP contribution in [0.2, 0.25) is 0 Å². The summed E-state index contributed by atoms with van der Waals surface area (Å²) in [6.45, 7) is 3.83. The molecule has 46 heavy (non-hydrogen) atoms. The summed E-state index contributed by atoms with van der Waals surface area (Å²) in [5.74, 6) is -0.872. The number of anilines is 2. The minimum Gasteiger partial charge on any atom is -0.482 e. The zero-order valence-corrected chi connectivity index (χ0v) is 25.3. The third kappa shape index (κ3) is 8.68. The van der Waals surface area contributed by atoms with Gasteiger partial charge in [-0.15, -0.1) is 5.10 Å². The molecule has 5 aromatic rings. The lowest BCUT2D eigenvalue weighted by Crippen LogP contribution is -2.40. The molecule has 2 aromatic heterocycles. The number of benzene rings is 3. The molecule has 0 aliphatic carbocycles. The lowest BCUT2D eigenvalue weighted by Gasteiger charge is -2.21. The van der Waals surface area contributed by atoms with E-state index in [4.69, 9.17) is 4.74 Å². The standard InChI is InChI=1S/C34H31F4N5O3/c1-33(2,3)41-31(45)24-10-14-28(29(18-24)46-20-34(36,37)38)39-32-40-30-15-11-25(19-43(30)42-32)23-8-4-21(5-9-23)16-27(44)17-22-6-12-26(35)13-7-22/h4-15,18-19H,16-17,20H2,1-3H3,(H,39,42)(H,41,45). The highest BCUT2D eigenvalue weighted by molar-refractivity contribution is 5.95. The van der Waals surface area contributed by atoms with Crippen molar-refractivity contribution in [3.05, 3.63) is 108 Å². The predicted molar refractivity (Wildman–Crippen MR) is 166 cm³/mol. The molecular weight excluding hydrogens is 602 g/mol. The molecule has 3 aromatic carbocycles. The van der Waals surface area contributed by atoms with Crippen molar-refractivity contribution >= 4 is 29.0 Å². The third-order valence-electron chi connectivity index (χ3n) is 6.70. The minimum atomic E-state index is -4.59. The molecule has 0 atom stereocenters. The van der Waals surface area contributed by atoms with Gasteiger partial charge in [0.2, 0.25) is 5.95 Å². The fourth-order valence-corrected chi connectivity index (χ4v) is 4.62. The van der Waals surface area contributed by atoms with E-state index in [1.165, 1.54) is 34.8 Å². The van der Waals surface area contributed by atoms with Gasteiger partial charge in [0.05, 0.1) is 5.69 Å². The summed E-state index contributed by atoms with van der Waals surface area (Å²) in [6, 6.07) is 21.1. The van der Waals surface area contributed by atoms with E-state index in [2.05, 4.69) is 20.7 Å². The molecular formula is C34H31F4N5O3. The Morgan fingerprint density at radius 1 is 0.848 bits per heavy atom. The van der Waals surface area contributed by atoms with Crippen molar-refractivity contribution in [3.8, 4) is 16.9 Å². The molecule has 0 unspecified atom stereocenters. The molecule has 0 aliphatic heterocycles. The number of Topliss-reactive ketones (excluding diaryl/α,β-unsaturated/α-hetero) is 1. The number of aromatic nitrogens is 3. The number of fused-ring (bicyclic) bond motifs is 1. The zero-order chi connectivity index (χ0) is 33.1.